The van der Waals surface area contributed by atoms with E-state index in [1.807, 2.05) is 0 Å². The highest BCUT2D eigenvalue weighted by atomic mass is 32.2. The number of esters is 3. The van der Waals surface area contributed by atoms with E-state index in [0.29, 0.717) is 5.39 Å². The van der Waals surface area contributed by atoms with Gasteiger partial charge in [0.05, 0.1) is 11.1 Å². The van der Waals surface area contributed by atoms with E-state index in [4.69, 9.17) is 18.9 Å². The number of nitrogens with one attached hydrogen (secondary N) is 2. The average molecular weight is 522 g/mol. The first-order valence-corrected chi connectivity index (χ1v) is 11.9. The Morgan fingerprint density at radius 3 is 2.42 bits per heavy atom. The molecule has 36 heavy (non-hydrogen) atoms. The molecule has 2 aliphatic heterocycles. The van der Waals surface area contributed by atoms with Crippen LogP contribution < -0.4 is 10.6 Å². The second-order valence-electron chi connectivity index (χ2n) is 8.25. The van der Waals surface area contributed by atoms with Gasteiger partial charge in [0.15, 0.2) is 28.7 Å². The van der Waals surface area contributed by atoms with Gasteiger partial charge in [0.1, 0.15) is 18.5 Å². The zero-order chi connectivity index (χ0) is 26.4. The van der Waals surface area contributed by atoms with Crippen molar-refractivity contribution < 1.29 is 42.9 Å². The lowest BCUT2D eigenvalue weighted by molar-refractivity contribution is -0.184. The Kier molecular flexibility index (Phi) is 6.62. The maximum Gasteiger partial charge on any atom is 0.315 e. The second kappa shape index (κ2) is 9.39. The van der Waals surface area contributed by atoms with Gasteiger partial charge in [-0.25, -0.2) is 9.97 Å². The summed E-state index contributed by atoms with van der Waals surface area (Å²) in [5.74, 6) is -3.67. The van der Waals surface area contributed by atoms with E-state index in [9.17, 15) is 24.0 Å². The molecule has 4 heterocycles. The Balaban J connectivity index is 1.91. The van der Waals surface area contributed by atoms with E-state index >= 15 is 0 Å². The SMILES string of the molecule is CSc1nc2c3c(cn(C4O[C@H](COC(C)=O)[C@@H](OC(C)=O)C4(C)OC(C)=O)c3n1)NC(=O)C(=O)N2. The number of aromatic nitrogens is 3. The molecule has 0 radical (unpaired) electrons. The third kappa shape index (κ3) is 4.46. The molecule has 2 N–H and O–H groups in total. The van der Waals surface area contributed by atoms with E-state index in [2.05, 4.69) is 20.6 Å². The third-order valence-electron chi connectivity index (χ3n) is 5.58. The summed E-state index contributed by atoms with van der Waals surface area (Å²) in [7, 11) is 0. The van der Waals surface area contributed by atoms with E-state index in [-0.39, 0.29) is 28.9 Å². The Bertz CT molecular complexity index is 1290. The predicted molar refractivity (Wildman–Crippen MR) is 123 cm³/mol. The third-order valence-corrected chi connectivity index (χ3v) is 6.12. The van der Waals surface area contributed by atoms with Crippen LogP contribution in [-0.2, 0) is 42.9 Å². The number of hydrogen-bond acceptors (Lipinski definition) is 12. The first-order chi connectivity index (χ1) is 16.9. The van der Waals surface area contributed by atoms with Gasteiger partial charge in [-0.15, -0.1) is 0 Å². The van der Waals surface area contributed by atoms with Crippen molar-refractivity contribution in [1.29, 1.82) is 0 Å². The number of carbonyl (C=O) groups excluding carboxylic acids is 5. The summed E-state index contributed by atoms with van der Waals surface area (Å²) in [6, 6.07) is 0. The fraction of sp³-hybridized carbons (Fsp3) is 0.476. The minimum Gasteiger partial charge on any atom is -0.463 e. The Morgan fingerprint density at radius 1 is 1.11 bits per heavy atom. The van der Waals surface area contributed by atoms with Gasteiger partial charge in [0, 0.05) is 27.0 Å². The summed E-state index contributed by atoms with van der Waals surface area (Å²) in [5.41, 5.74) is -1.18. The van der Waals surface area contributed by atoms with Gasteiger partial charge >= 0.3 is 29.7 Å². The van der Waals surface area contributed by atoms with Gasteiger partial charge in [0.2, 0.25) is 0 Å². The van der Waals surface area contributed by atoms with Crippen LogP contribution in [0.25, 0.3) is 11.0 Å². The smallest absolute Gasteiger partial charge is 0.315 e. The molecule has 2 unspecified atom stereocenters. The van der Waals surface area contributed by atoms with Crippen molar-refractivity contribution in [3.8, 4) is 0 Å². The quantitative estimate of drug-likeness (QED) is 0.180. The molecule has 4 rings (SSSR count). The van der Waals surface area contributed by atoms with Gasteiger partial charge in [0.25, 0.3) is 0 Å². The maximum absolute atomic E-state index is 12.3. The first kappa shape index (κ1) is 25.4. The molecule has 1 saturated heterocycles. The minimum atomic E-state index is -1.62. The number of ether oxygens (including phenoxy) is 4. The van der Waals surface area contributed by atoms with Crippen molar-refractivity contribution in [2.24, 2.45) is 0 Å². The molecule has 192 valence electrons. The van der Waals surface area contributed by atoms with Crippen LogP contribution in [0.2, 0.25) is 0 Å². The lowest BCUT2D eigenvalue weighted by Crippen LogP contribution is -2.50. The van der Waals surface area contributed by atoms with Crippen LogP contribution in [0, 0.1) is 0 Å². The largest absolute Gasteiger partial charge is 0.463 e. The second-order valence-corrected chi connectivity index (χ2v) is 9.03. The zero-order valence-corrected chi connectivity index (χ0v) is 20.8. The number of thioether (sulfide) groups is 1. The molecule has 0 saturated carbocycles. The Labute approximate surface area is 208 Å². The monoisotopic (exact) mass is 521 g/mol. The fourth-order valence-electron chi connectivity index (χ4n) is 4.27. The van der Waals surface area contributed by atoms with Gasteiger partial charge < -0.3 is 29.6 Å². The summed E-state index contributed by atoms with van der Waals surface area (Å²) < 4.78 is 23.9. The molecule has 0 aliphatic carbocycles. The topological polar surface area (TPSA) is 177 Å². The van der Waals surface area contributed by atoms with Crippen LogP contribution in [0.5, 0.6) is 0 Å². The van der Waals surface area contributed by atoms with Crippen molar-refractivity contribution in [2.45, 2.75) is 56.9 Å². The minimum absolute atomic E-state index is 0.0987. The molecule has 1 fully saturated rings. The van der Waals surface area contributed by atoms with E-state index in [1.54, 1.807) is 6.26 Å². The summed E-state index contributed by atoms with van der Waals surface area (Å²) in [5, 5.41) is 5.56. The van der Waals surface area contributed by atoms with E-state index in [1.165, 1.54) is 50.2 Å². The highest BCUT2D eigenvalue weighted by Crippen LogP contribution is 2.46. The van der Waals surface area contributed by atoms with Crippen molar-refractivity contribution in [3.63, 3.8) is 0 Å². The van der Waals surface area contributed by atoms with Crippen LogP contribution in [0.1, 0.15) is 33.9 Å². The molecule has 14 nitrogen and oxygen atoms in total. The number of nitrogens with zero attached hydrogens (tertiary/aromatic N) is 3. The molecule has 2 aliphatic rings. The lowest BCUT2D eigenvalue weighted by atomic mass is 9.95. The van der Waals surface area contributed by atoms with E-state index in [0.717, 1.165) is 0 Å². The number of hydrogen-bond donors (Lipinski definition) is 2. The molecule has 4 atom stereocenters. The highest BCUT2D eigenvalue weighted by molar-refractivity contribution is 7.98. The zero-order valence-electron chi connectivity index (χ0n) is 19.9. The number of amides is 2. The lowest BCUT2D eigenvalue weighted by Gasteiger charge is -2.34. The van der Waals surface area contributed by atoms with Crippen molar-refractivity contribution in [1.82, 2.24) is 14.5 Å². The standard InChI is InChI=1S/C21H23N5O9S/c1-8(27)32-7-12-14(33-9(2)28)21(4,35-10(3)29)19(34-12)26-6-11-13-15(23-18(31)17(30)22-11)24-20(36-5)25-16(13)26/h6,12,14,19H,7H2,1-5H3,(H,22,30)(H,23,24,25,31)/t12-,14-,19?,21?/m1/s1. The number of rotatable bonds is 6. The molecule has 0 aromatic carbocycles. The fourth-order valence-corrected chi connectivity index (χ4v) is 4.63. The van der Waals surface area contributed by atoms with Crippen LogP contribution in [0.3, 0.4) is 0 Å². The predicted octanol–water partition coefficient (Wildman–Crippen LogP) is 0.758. The normalized spacial score (nSPS) is 25.1. The maximum atomic E-state index is 12.3. The van der Waals surface area contributed by atoms with Crippen LogP contribution >= 0.6 is 11.8 Å². The van der Waals surface area contributed by atoms with Crippen molar-refractivity contribution in [2.75, 3.05) is 23.5 Å². The molecular formula is C21H23N5O9S. The van der Waals surface area contributed by atoms with Crippen molar-refractivity contribution in [3.05, 3.63) is 6.20 Å². The summed E-state index contributed by atoms with van der Waals surface area (Å²) in [6.45, 7) is 4.79. The summed E-state index contributed by atoms with van der Waals surface area (Å²) >= 11 is 1.19. The highest BCUT2D eigenvalue weighted by Gasteiger charge is 2.60. The van der Waals surface area contributed by atoms with Crippen LogP contribution in [-0.4, -0.2) is 74.9 Å². The summed E-state index contributed by atoms with van der Waals surface area (Å²) in [4.78, 5) is 68.8. The molecule has 2 aromatic heterocycles. The van der Waals surface area contributed by atoms with Crippen LogP contribution in [0.4, 0.5) is 11.5 Å². The van der Waals surface area contributed by atoms with E-state index < -0.39 is 53.8 Å². The molecule has 2 amide bonds. The molecule has 0 bridgehead atoms. The van der Waals surface area contributed by atoms with Crippen LogP contribution in [0.15, 0.2) is 11.4 Å². The Hall–Kier alpha value is -3.72. The average Bonchev–Trinajstić information content (AvgIpc) is 3.22. The van der Waals surface area contributed by atoms with Gasteiger partial charge in [-0.2, -0.15) is 0 Å². The molecule has 2 aromatic rings. The Morgan fingerprint density at radius 2 is 1.81 bits per heavy atom. The molecule has 15 heteroatoms. The van der Waals surface area contributed by atoms with Gasteiger partial charge in [-0.1, -0.05) is 11.8 Å². The summed E-state index contributed by atoms with van der Waals surface area (Å²) in [6.07, 6.45) is -0.169. The molecular weight excluding hydrogens is 498 g/mol. The van der Waals surface area contributed by atoms with Gasteiger partial charge in [-0.05, 0) is 13.2 Å². The molecule has 0 spiro atoms. The van der Waals surface area contributed by atoms with Gasteiger partial charge in [-0.3, -0.25) is 28.5 Å². The number of anilines is 2. The number of carbonyl (C=O) groups is 5. The first-order valence-electron chi connectivity index (χ1n) is 10.7. The van der Waals surface area contributed by atoms with Crippen molar-refractivity contribution >= 4 is 64.0 Å².